The van der Waals surface area contributed by atoms with E-state index < -0.39 is 0 Å². The Bertz CT molecular complexity index is 421. The molecule has 1 aromatic heterocycles. The molecule has 1 fully saturated rings. The van der Waals surface area contributed by atoms with Crippen LogP contribution in [0, 0.1) is 12.8 Å². The van der Waals surface area contributed by atoms with E-state index in [4.69, 9.17) is 0 Å². The highest BCUT2D eigenvalue weighted by Crippen LogP contribution is 2.53. The number of aromatic nitrogens is 2. The zero-order chi connectivity index (χ0) is 9.00. The number of rotatable bonds is 0. The Balaban J connectivity index is 2.28. The fourth-order valence-corrected chi connectivity index (χ4v) is 2.55. The first-order valence-electron chi connectivity index (χ1n) is 4.85. The summed E-state index contributed by atoms with van der Waals surface area (Å²) in [6.07, 6.45) is 3.53. The van der Waals surface area contributed by atoms with Crippen LogP contribution in [0.3, 0.4) is 0 Å². The molecule has 0 aromatic carbocycles. The predicted octanol–water partition coefficient (Wildman–Crippen LogP) is 1.13. The van der Waals surface area contributed by atoms with Gasteiger partial charge in [0, 0.05) is 5.56 Å². The van der Waals surface area contributed by atoms with Crippen LogP contribution in [-0.4, -0.2) is 10.2 Å². The molecule has 13 heavy (non-hydrogen) atoms. The molecule has 0 amide bonds. The van der Waals surface area contributed by atoms with Gasteiger partial charge >= 0.3 is 0 Å². The second-order valence-corrected chi connectivity index (χ2v) is 4.17. The third-order valence-electron chi connectivity index (χ3n) is 3.39. The SMILES string of the molecule is Cc1n[nH]c(=O)c2c1CCC1CC21. The fraction of sp³-hybridized carbons (Fsp3) is 0.600. The maximum Gasteiger partial charge on any atom is 0.267 e. The molecule has 1 saturated carbocycles. The standard InChI is InChI=1S/C10H12N2O/c1-5-7-3-2-6-4-8(6)9(7)10(13)12-11-5/h6,8H,2-4H2,1H3,(H,12,13). The van der Waals surface area contributed by atoms with E-state index >= 15 is 0 Å². The zero-order valence-electron chi connectivity index (χ0n) is 7.63. The monoisotopic (exact) mass is 176 g/mol. The maximum atomic E-state index is 11.5. The third kappa shape index (κ3) is 0.900. The fourth-order valence-electron chi connectivity index (χ4n) is 2.55. The van der Waals surface area contributed by atoms with Gasteiger partial charge in [-0.15, -0.1) is 0 Å². The van der Waals surface area contributed by atoms with Crippen LogP contribution in [0.2, 0.25) is 0 Å². The highest BCUT2D eigenvalue weighted by atomic mass is 16.1. The second-order valence-electron chi connectivity index (χ2n) is 4.17. The Morgan fingerprint density at radius 1 is 1.54 bits per heavy atom. The van der Waals surface area contributed by atoms with Crippen molar-refractivity contribution in [3.63, 3.8) is 0 Å². The van der Waals surface area contributed by atoms with E-state index in [0.717, 1.165) is 23.6 Å². The van der Waals surface area contributed by atoms with Gasteiger partial charge < -0.3 is 0 Å². The van der Waals surface area contributed by atoms with Gasteiger partial charge in [-0.2, -0.15) is 5.10 Å². The van der Waals surface area contributed by atoms with Gasteiger partial charge in [0.1, 0.15) is 0 Å². The molecule has 0 radical (unpaired) electrons. The van der Waals surface area contributed by atoms with Gasteiger partial charge in [-0.05, 0) is 43.6 Å². The Morgan fingerprint density at radius 2 is 2.38 bits per heavy atom. The number of hydrogen-bond acceptors (Lipinski definition) is 2. The van der Waals surface area contributed by atoms with Crippen LogP contribution in [0.5, 0.6) is 0 Å². The van der Waals surface area contributed by atoms with E-state index in [1.54, 1.807) is 0 Å². The largest absolute Gasteiger partial charge is 0.268 e. The summed E-state index contributed by atoms with van der Waals surface area (Å²) in [7, 11) is 0. The van der Waals surface area contributed by atoms with Gasteiger partial charge in [-0.25, -0.2) is 5.10 Å². The number of fused-ring (bicyclic) bond motifs is 3. The summed E-state index contributed by atoms with van der Waals surface area (Å²) in [6, 6.07) is 0. The zero-order valence-corrected chi connectivity index (χ0v) is 7.63. The first kappa shape index (κ1) is 7.30. The molecule has 2 unspecified atom stereocenters. The van der Waals surface area contributed by atoms with Gasteiger partial charge in [-0.3, -0.25) is 4.79 Å². The average molecular weight is 176 g/mol. The summed E-state index contributed by atoms with van der Waals surface area (Å²) in [5.41, 5.74) is 3.33. The van der Waals surface area contributed by atoms with Crippen LogP contribution >= 0.6 is 0 Å². The summed E-state index contributed by atoms with van der Waals surface area (Å²) in [6.45, 7) is 1.98. The lowest BCUT2D eigenvalue weighted by molar-refractivity contribution is 0.647. The molecule has 2 aliphatic rings. The number of aryl methyl sites for hydroxylation is 1. The molecule has 2 aliphatic carbocycles. The van der Waals surface area contributed by atoms with Crippen molar-refractivity contribution in [2.75, 3.05) is 0 Å². The van der Waals surface area contributed by atoms with Crippen LogP contribution < -0.4 is 5.56 Å². The number of aromatic amines is 1. The summed E-state index contributed by atoms with van der Waals surface area (Å²) in [5.74, 6) is 1.37. The van der Waals surface area contributed by atoms with Crippen LogP contribution in [0.1, 0.15) is 35.6 Å². The van der Waals surface area contributed by atoms with Crippen molar-refractivity contribution < 1.29 is 0 Å². The number of nitrogens with one attached hydrogen (secondary N) is 1. The van der Waals surface area contributed by atoms with Gasteiger partial charge in [0.15, 0.2) is 0 Å². The van der Waals surface area contributed by atoms with E-state index in [1.807, 2.05) is 6.92 Å². The Morgan fingerprint density at radius 3 is 3.23 bits per heavy atom. The molecule has 3 heteroatoms. The van der Waals surface area contributed by atoms with Gasteiger partial charge in [0.25, 0.3) is 5.56 Å². The minimum absolute atomic E-state index is 0.0489. The molecule has 1 N–H and O–H groups in total. The molecule has 0 spiro atoms. The van der Waals surface area contributed by atoms with E-state index in [1.165, 1.54) is 18.4 Å². The maximum absolute atomic E-state index is 11.5. The van der Waals surface area contributed by atoms with Crippen LogP contribution in [0.4, 0.5) is 0 Å². The summed E-state index contributed by atoms with van der Waals surface area (Å²) < 4.78 is 0. The van der Waals surface area contributed by atoms with E-state index in [9.17, 15) is 4.79 Å². The van der Waals surface area contributed by atoms with Crippen molar-refractivity contribution in [1.82, 2.24) is 10.2 Å². The number of nitrogens with zero attached hydrogens (tertiary/aromatic N) is 1. The van der Waals surface area contributed by atoms with Gasteiger partial charge in [-0.1, -0.05) is 0 Å². The molecule has 68 valence electrons. The van der Waals surface area contributed by atoms with Crippen molar-refractivity contribution in [3.8, 4) is 0 Å². The molecule has 3 nitrogen and oxygen atoms in total. The lowest BCUT2D eigenvalue weighted by Crippen LogP contribution is -2.21. The van der Waals surface area contributed by atoms with Gasteiger partial charge in [0.05, 0.1) is 5.69 Å². The van der Waals surface area contributed by atoms with Gasteiger partial charge in [0.2, 0.25) is 0 Å². The number of hydrogen-bond donors (Lipinski definition) is 1. The first-order valence-corrected chi connectivity index (χ1v) is 4.85. The normalized spacial score (nSPS) is 29.3. The molecule has 2 atom stereocenters. The predicted molar refractivity (Wildman–Crippen MR) is 48.8 cm³/mol. The molecule has 3 rings (SSSR count). The topological polar surface area (TPSA) is 45.8 Å². The van der Waals surface area contributed by atoms with Crippen molar-refractivity contribution in [1.29, 1.82) is 0 Å². The highest BCUT2D eigenvalue weighted by Gasteiger charge is 2.44. The minimum atomic E-state index is 0.0489. The molecular formula is C10H12N2O. The lowest BCUT2D eigenvalue weighted by Gasteiger charge is -2.14. The summed E-state index contributed by atoms with van der Waals surface area (Å²) >= 11 is 0. The summed E-state index contributed by atoms with van der Waals surface area (Å²) in [4.78, 5) is 11.5. The Labute approximate surface area is 76.2 Å². The molecule has 0 bridgehead atoms. The Hall–Kier alpha value is -1.12. The summed E-state index contributed by atoms with van der Waals surface area (Å²) in [5, 5.41) is 6.59. The second kappa shape index (κ2) is 2.22. The lowest BCUT2D eigenvalue weighted by atomic mass is 9.92. The average Bonchev–Trinajstić information content (AvgIpc) is 2.89. The van der Waals surface area contributed by atoms with Crippen molar-refractivity contribution in [2.45, 2.75) is 32.1 Å². The smallest absolute Gasteiger partial charge is 0.267 e. The molecule has 0 saturated heterocycles. The van der Waals surface area contributed by atoms with Crippen LogP contribution in [0.25, 0.3) is 0 Å². The van der Waals surface area contributed by atoms with E-state index in [-0.39, 0.29) is 5.56 Å². The van der Waals surface area contributed by atoms with E-state index in [2.05, 4.69) is 10.2 Å². The quantitative estimate of drug-likeness (QED) is 0.644. The highest BCUT2D eigenvalue weighted by molar-refractivity contribution is 5.37. The van der Waals surface area contributed by atoms with Crippen molar-refractivity contribution >= 4 is 0 Å². The van der Waals surface area contributed by atoms with Crippen LogP contribution in [0.15, 0.2) is 4.79 Å². The van der Waals surface area contributed by atoms with Crippen LogP contribution in [-0.2, 0) is 6.42 Å². The first-order chi connectivity index (χ1) is 6.27. The third-order valence-corrected chi connectivity index (χ3v) is 3.39. The molecular weight excluding hydrogens is 164 g/mol. The Kier molecular flexibility index (Phi) is 1.25. The molecule has 0 aliphatic heterocycles. The van der Waals surface area contributed by atoms with Crippen molar-refractivity contribution in [2.24, 2.45) is 5.92 Å². The van der Waals surface area contributed by atoms with Crippen molar-refractivity contribution in [3.05, 3.63) is 27.2 Å². The molecule has 1 heterocycles. The minimum Gasteiger partial charge on any atom is -0.268 e. The van der Waals surface area contributed by atoms with E-state index in [0.29, 0.717) is 5.92 Å². The molecule has 1 aromatic rings. The number of H-pyrrole nitrogens is 1.